The van der Waals surface area contributed by atoms with Crippen LogP contribution in [0.1, 0.15) is 18.9 Å². The predicted octanol–water partition coefficient (Wildman–Crippen LogP) is 4.09. The molecule has 0 fully saturated rings. The minimum Gasteiger partial charge on any atom is -0.261 e. The van der Waals surface area contributed by atoms with E-state index in [1.54, 1.807) is 0 Å². The van der Waals surface area contributed by atoms with E-state index in [1.807, 2.05) is 36.5 Å². The van der Waals surface area contributed by atoms with Gasteiger partial charge >= 0.3 is 0 Å². The second kappa shape index (κ2) is 8.70. The van der Waals surface area contributed by atoms with Gasteiger partial charge in [-0.25, -0.2) is 0 Å². The topological polar surface area (TPSA) is 12.4 Å². The van der Waals surface area contributed by atoms with Gasteiger partial charge in [0.2, 0.25) is 0 Å². The number of hydrogen-bond donors (Lipinski definition) is 0. The number of aliphatic imine (C=N–C) groups is 1. The summed E-state index contributed by atoms with van der Waals surface area (Å²) in [6, 6.07) is 14.0. The van der Waals surface area contributed by atoms with E-state index < -0.39 is 0 Å². The molecule has 0 bridgehead atoms. The molecule has 1 aliphatic rings. The van der Waals surface area contributed by atoms with Crippen molar-refractivity contribution in [1.82, 2.24) is 0 Å². The van der Waals surface area contributed by atoms with Crippen molar-refractivity contribution in [2.24, 2.45) is 10.9 Å². The molecular formula is C22H23N. The molecule has 0 aromatic heterocycles. The van der Waals surface area contributed by atoms with Crippen molar-refractivity contribution in [2.75, 3.05) is 0 Å². The molecule has 23 heavy (non-hydrogen) atoms. The summed E-state index contributed by atoms with van der Waals surface area (Å²) in [5, 5.41) is 1.90. The standard InChI is InChI=1S/C22H23N/c1-18-10-7-8-11-20(3)17-21(14-13-18)22-12-6-4-5-9-19(2)15-16-23-22/h4-11,13-17,19H,1,3,12H2,2H3/b6-4-,9-5-,10-7?,11-8?,14-13?,16-15-,21-17?,23-22+. The minimum absolute atomic E-state index is 0.374. The lowest BCUT2D eigenvalue weighted by Crippen LogP contribution is -2.04. The third-order valence-electron chi connectivity index (χ3n) is 3.48. The fourth-order valence-electron chi connectivity index (χ4n) is 2.16. The van der Waals surface area contributed by atoms with E-state index in [0.717, 1.165) is 28.1 Å². The normalized spacial score (nSPS) is 23.7. The molecular weight excluding hydrogens is 278 g/mol. The van der Waals surface area contributed by atoms with Gasteiger partial charge in [-0.3, -0.25) is 4.99 Å². The van der Waals surface area contributed by atoms with Crippen molar-refractivity contribution in [3.8, 4) is 0 Å². The molecule has 1 nitrogen and oxygen atoms in total. The zero-order valence-electron chi connectivity index (χ0n) is 13.7. The van der Waals surface area contributed by atoms with Crippen LogP contribution in [0.15, 0.2) is 84.0 Å². The Kier molecular flexibility index (Phi) is 6.31. The first-order valence-electron chi connectivity index (χ1n) is 7.84. The zero-order valence-corrected chi connectivity index (χ0v) is 13.7. The molecule has 1 unspecified atom stereocenters. The average molecular weight is 301 g/mol. The lowest BCUT2D eigenvalue weighted by Gasteiger charge is -2.03. The van der Waals surface area contributed by atoms with Crippen molar-refractivity contribution in [3.05, 3.63) is 95.0 Å². The van der Waals surface area contributed by atoms with Gasteiger partial charge in [-0.1, -0.05) is 86.9 Å². The van der Waals surface area contributed by atoms with Crippen LogP contribution in [0.25, 0.3) is 13.2 Å². The molecule has 0 saturated heterocycles. The quantitative estimate of drug-likeness (QED) is 0.741. The van der Waals surface area contributed by atoms with E-state index >= 15 is 0 Å². The highest BCUT2D eigenvalue weighted by atomic mass is 14.7. The minimum atomic E-state index is 0.374. The number of rotatable bonds is 1. The van der Waals surface area contributed by atoms with E-state index in [0.29, 0.717) is 5.92 Å². The van der Waals surface area contributed by atoms with Crippen LogP contribution in [0.5, 0.6) is 0 Å². The van der Waals surface area contributed by atoms with E-state index in [-0.39, 0.29) is 0 Å². The van der Waals surface area contributed by atoms with E-state index in [4.69, 9.17) is 0 Å². The molecule has 1 aromatic carbocycles. The van der Waals surface area contributed by atoms with Gasteiger partial charge in [-0.2, -0.15) is 0 Å². The van der Waals surface area contributed by atoms with Crippen LogP contribution in [-0.2, 0) is 0 Å². The molecule has 2 rings (SSSR count). The van der Waals surface area contributed by atoms with Crippen molar-refractivity contribution in [1.29, 1.82) is 0 Å². The van der Waals surface area contributed by atoms with Crippen LogP contribution in [-0.4, -0.2) is 5.71 Å². The van der Waals surface area contributed by atoms with Crippen molar-refractivity contribution in [3.63, 3.8) is 0 Å². The van der Waals surface area contributed by atoms with Crippen LogP contribution >= 0.6 is 0 Å². The number of hydrogen-bond acceptors (Lipinski definition) is 1. The Morgan fingerprint density at radius 2 is 1.74 bits per heavy atom. The molecule has 0 radical (unpaired) electrons. The highest BCUT2D eigenvalue weighted by molar-refractivity contribution is 6.01. The monoisotopic (exact) mass is 301 g/mol. The molecule has 1 atom stereocenters. The lowest BCUT2D eigenvalue weighted by molar-refractivity contribution is 0.935. The maximum atomic E-state index is 4.66. The number of nitrogens with zero attached hydrogens (tertiary/aromatic N) is 1. The second-order valence-electron chi connectivity index (χ2n) is 5.59. The van der Waals surface area contributed by atoms with Gasteiger partial charge in [0, 0.05) is 12.6 Å². The van der Waals surface area contributed by atoms with Gasteiger partial charge < -0.3 is 0 Å². The Morgan fingerprint density at radius 1 is 0.957 bits per heavy atom. The molecule has 1 aliphatic heterocycles. The maximum absolute atomic E-state index is 4.66. The van der Waals surface area contributed by atoms with Crippen LogP contribution in [0.2, 0.25) is 0 Å². The molecule has 1 heterocycles. The van der Waals surface area contributed by atoms with Crippen molar-refractivity contribution >= 4 is 18.9 Å². The molecule has 1 heteroatoms. The third kappa shape index (κ3) is 5.91. The predicted molar refractivity (Wildman–Crippen MR) is 102 cm³/mol. The highest BCUT2D eigenvalue weighted by Crippen LogP contribution is 2.07. The zero-order chi connectivity index (χ0) is 16.5. The van der Waals surface area contributed by atoms with Gasteiger partial charge in [0.1, 0.15) is 0 Å². The Morgan fingerprint density at radius 3 is 2.57 bits per heavy atom. The highest BCUT2D eigenvalue weighted by Gasteiger charge is 2.00. The molecule has 0 N–H and O–H groups in total. The third-order valence-corrected chi connectivity index (χ3v) is 3.48. The summed E-state index contributed by atoms with van der Waals surface area (Å²) in [6.07, 6.45) is 13.2. The maximum Gasteiger partial charge on any atom is 0.0513 e. The molecule has 1 aromatic rings. The summed E-state index contributed by atoms with van der Waals surface area (Å²) < 4.78 is 0. The molecule has 116 valence electrons. The van der Waals surface area contributed by atoms with E-state index in [9.17, 15) is 0 Å². The van der Waals surface area contributed by atoms with Crippen molar-refractivity contribution < 1.29 is 0 Å². The summed E-state index contributed by atoms with van der Waals surface area (Å²) in [5.74, 6) is 0.374. The fraction of sp³-hybridized carbons (Fsp3) is 0.136. The van der Waals surface area contributed by atoms with Gasteiger partial charge in [0.25, 0.3) is 0 Å². The van der Waals surface area contributed by atoms with Crippen LogP contribution in [0, 0.1) is 5.92 Å². The van der Waals surface area contributed by atoms with Crippen LogP contribution < -0.4 is 10.4 Å². The van der Waals surface area contributed by atoms with E-state index in [2.05, 4.69) is 67.6 Å². The summed E-state index contributed by atoms with van der Waals surface area (Å²) in [4.78, 5) is 4.66. The molecule has 0 saturated carbocycles. The molecule has 0 aliphatic carbocycles. The fourth-order valence-corrected chi connectivity index (χ4v) is 2.16. The molecule has 0 amide bonds. The van der Waals surface area contributed by atoms with E-state index in [1.165, 1.54) is 0 Å². The van der Waals surface area contributed by atoms with Gasteiger partial charge in [0.15, 0.2) is 0 Å². The summed E-state index contributed by atoms with van der Waals surface area (Å²) in [6.45, 7) is 10.2. The van der Waals surface area contributed by atoms with Gasteiger partial charge in [-0.15, -0.1) is 0 Å². The largest absolute Gasteiger partial charge is 0.261 e. The smallest absolute Gasteiger partial charge is 0.0513 e. The van der Waals surface area contributed by atoms with Gasteiger partial charge in [0.05, 0.1) is 5.71 Å². The summed E-state index contributed by atoms with van der Waals surface area (Å²) >= 11 is 0. The Bertz CT molecular complexity index is 808. The Balaban J connectivity index is 2.55. The first kappa shape index (κ1) is 16.7. The first-order chi connectivity index (χ1) is 11.1. The number of allylic oxidation sites excluding steroid dienone is 5. The van der Waals surface area contributed by atoms with Gasteiger partial charge in [-0.05, 0) is 28.0 Å². The molecule has 0 spiro atoms. The Labute approximate surface area is 138 Å². The average Bonchev–Trinajstić information content (AvgIpc) is 2.53. The summed E-state index contributed by atoms with van der Waals surface area (Å²) in [5.41, 5.74) is 2.07. The van der Waals surface area contributed by atoms with Crippen molar-refractivity contribution in [2.45, 2.75) is 13.3 Å². The SMILES string of the molecule is C=c1ccccc(=C)cc(/C2=N/C=C\C(C)/C=C\C=C/C2)cc1. The lowest BCUT2D eigenvalue weighted by atomic mass is 10.1. The first-order valence-corrected chi connectivity index (χ1v) is 7.84. The van der Waals surface area contributed by atoms with Crippen LogP contribution in [0.4, 0.5) is 0 Å². The second-order valence-corrected chi connectivity index (χ2v) is 5.59. The summed E-state index contributed by atoms with van der Waals surface area (Å²) in [7, 11) is 0. The Hall–Kier alpha value is -2.67. The van der Waals surface area contributed by atoms with Crippen LogP contribution in [0.3, 0.4) is 0 Å².